The van der Waals surface area contributed by atoms with Crippen LogP contribution in [-0.2, 0) is 0 Å². The number of ether oxygens (including phenoxy) is 2. The van der Waals surface area contributed by atoms with Gasteiger partial charge in [-0.05, 0) is 0 Å². The van der Waals surface area contributed by atoms with Gasteiger partial charge >= 0.3 is 0 Å². The van der Waals surface area contributed by atoms with E-state index in [-0.39, 0.29) is 6.79 Å². The number of hydrogen-bond donors (Lipinski definition) is 2. The average molecular weight is 195 g/mol. The molecule has 0 saturated carbocycles. The van der Waals surface area contributed by atoms with Gasteiger partial charge in [0, 0.05) is 26.2 Å². The molecule has 5 nitrogen and oxygen atoms in total. The minimum atomic E-state index is 0.274. The number of nitrogen functional groups attached to an aromatic ring is 1. The first-order valence-corrected chi connectivity index (χ1v) is 4.30. The van der Waals surface area contributed by atoms with E-state index in [9.17, 15) is 0 Å². The predicted molar refractivity (Wildman–Crippen MR) is 54.7 cm³/mol. The van der Waals surface area contributed by atoms with E-state index in [4.69, 9.17) is 15.3 Å². The summed E-state index contributed by atoms with van der Waals surface area (Å²) in [6.07, 6.45) is 0. The molecule has 1 heterocycles. The number of rotatable bonds is 2. The third kappa shape index (κ3) is 1.31. The van der Waals surface area contributed by atoms with Gasteiger partial charge in [-0.3, -0.25) is 5.84 Å². The highest BCUT2D eigenvalue weighted by Crippen LogP contribution is 2.40. The fourth-order valence-corrected chi connectivity index (χ4v) is 1.42. The van der Waals surface area contributed by atoms with Gasteiger partial charge in [0.25, 0.3) is 0 Å². The summed E-state index contributed by atoms with van der Waals surface area (Å²) in [5, 5.41) is 0. The van der Waals surface area contributed by atoms with Crippen LogP contribution < -0.4 is 25.6 Å². The number of hydrazine groups is 1. The molecule has 2 rings (SSSR count). The molecule has 1 aromatic carbocycles. The Hall–Kier alpha value is -1.62. The van der Waals surface area contributed by atoms with Crippen LogP contribution in [0.5, 0.6) is 11.5 Å². The van der Waals surface area contributed by atoms with Crippen LogP contribution in [0.1, 0.15) is 0 Å². The molecular formula is C9H13N3O2. The van der Waals surface area contributed by atoms with Gasteiger partial charge in [0.2, 0.25) is 6.79 Å². The van der Waals surface area contributed by atoms with E-state index in [2.05, 4.69) is 5.43 Å². The Balaban J connectivity index is 2.49. The van der Waals surface area contributed by atoms with Crippen molar-refractivity contribution in [3.05, 3.63) is 12.1 Å². The van der Waals surface area contributed by atoms with E-state index in [1.54, 1.807) is 0 Å². The number of anilines is 2. The standard InChI is InChI=1S/C9H13N3O2/c1-12(2)7-4-9-8(13-5-14-9)3-6(7)11-10/h3-4,11H,5,10H2,1-2H3. The maximum absolute atomic E-state index is 5.41. The van der Waals surface area contributed by atoms with Crippen molar-refractivity contribution < 1.29 is 9.47 Å². The van der Waals surface area contributed by atoms with E-state index in [1.165, 1.54) is 0 Å². The Kier molecular flexibility index (Phi) is 2.09. The molecule has 0 amide bonds. The predicted octanol–water partition coefficient (Wildman–Crippen LogP) is 0.767. The minimum Gasteiger partial charge on any atom is -0.454 e. The zero-order valence-corrected chi connectivity index (χ0v) is 8.20. The van der Waals surface area contributed by atoms with Gasteiger partial charge in [0.15, 0.2) is 11.5 Å². The molecule has 0 saturated heterocycles. The molecule has 0 unspecified atom stereocenters. The Morgan fingerprint density at radius 1 is 1.29 bits per heavy atom. The van der Waals surface area contributed by atoms with Crippen molar-refractivity contribution in [1.82, 2.24) is 0 Å². The lowest BCUT2D eigenvalue weighted by Crippen LogP contribution is -2.15. The highest BCUT2D eigenvalue weighted by atomic mass is 16.7. The fourth-order valence-electron chi connectivity index (χ4n) is 1.42. The number of nitrogens with zero attached hydrogens (tertiary/aromatic N) is 1. The van der Waals surface area contributed by atoms with E-state index < -0.39 is 0 Å². The van der Waals surface area contributed by atoms with Crippen LogP contribution >= 0.6 is 0 Å². The molecule has 0 aliphatic carbocycles. The van der Waals surface area contributed by atoms with E-state index in [1.807, 2.05) is 31.1 Å². The number of benzene rings is 1. The van der Waals surface area contributed by atoms with E-state index in [0.717, 1.165) is 22.9 Å². The zero-order valence-electron chi connectivity index (χ0n) is 8.20. The van der Waals surface area contributed by atoms with Crippen molar-refractivity contribution in [1.29, 1.82) is 0 Å². The van der Waals surface area contributed by atoms with Gasteiger partial charge < -0.3 is 19.8 Å². The fraction of sp³-hybridized carbons (Fsp3) is 0.333. The van der Waals surface area contributed by atoms with Crippen molar-refractivity contribution in [2.24, 2.45) is 5.84 Å². The summed E-state index contributed by atoms with van der Waals surface area (Å²) in [6, 6.07) is 3.73. The van der Waals surface area contributed by atoms with Crippen molar-refractivity contribution >= 4 is 11.4 Å². The monoisotopic (exact) mass is 195 g/mol. The van der Waals surface area contributed by atoms with Crippen LogP contribution in [0.3, 0.4) is 0 Å². The molecule has 0 spiro atoms. The average Bonchev–Trinajstić information content (AvgIpc) is 2.62. The molecule has 0 radical (unpaired) electrons. The highest BCUT2D eigenvalue weighted by Gasteiger charge is 2.17. The quantitative estimate of drug-likeness (QED) is 0.539. The van der Waals surface area contributed by atoms with Crippen LogP contribution in [0.25, 0.3) is 0 Å². The summed E-state index contributed by atoms with van der Waals surface area (Å²) < 4.78 is 10.5. The Bertz CT molecular complexity index is 352. The van der Waals surface area contributed by atoms with E-state index in [0.29, 0.717) is 0 Å². The SMILES string of the molecule is CN(C)c1cc2c(cc1NN)OCO2. The Morgan fingerprint density at radius 3 is 2.50 bits per heavy atom. The molecule has 1 aliphatic rings. The molecule has 3 N–H and O–H groups in total. The lowest BCUT2D eigenvalue weighted by Gasteiger charge is -2.17. The molecule has 0 aromatic heterocycles. The summed E-state index contributed by atoms with van der Waals surface area (Å²) in [6.45, 7) is 0.274. The van der Waals surface area contributed by atoms with Gasteiger partial charge in [-0.2, -0.15) is 0 Å². The molecule has 1 aromatic rings. The normalized spacial score (nSPS) is 12.8. The third-order valence-corrected chi connectivity index (χ3v) is 2.13. The van der Waals surface area contributed by atoms with Crippen LogP contribution in [-0.4, -0.2) is 20.9 Å². The molecule has 0 fully saturated rings. The van der Waals surface area contributed by atoms with Gasteiger partial charge in [0.05, 0.1) is 11.4 Å². The van der Waals surface area contributed by atoms with Crippen LogP contribution in [0.15, 0.2) is 12.1 Å². The van der Waals surface area contributed by atoms with Crippen LogP contribution in [0, 0.1) is 0 Å². The topological polar surface area (TPSA) is 59.8 Å². The molecule has 0 bridgehead atoms. The zero-order chi connectivity index (χ0) is 10.1. The first-order chi connectivity index (χ1) is 6.72. The first-order valence-electron chi connectivity index (χ1n) is 4.30. The summed E-state index contributed by atoms with van der Waals surface area (Å²) >= 11 is 0. The lowest BCUT2D eigenvalue weighted by atomic mass is 10.2. The molecule has 0 atom stereocenters. The minimum absolute atomic E-state index is 0.274. The summed E-state index contributed by atoms with van der Waals surface area (Å²) in [5.41, 5.74) is 4.42. The molecule has 1 aliphatic heterocycles. The maximum Gasteiger partial charge on any atom is 0.231 e. The van der Waals surface area contributed by atoms with E-state index >= 15 is 0 Å². The number of nitrogens with one attached hydrogen (secondary N) is 1. The molecule has 14 heavy (non-hydrogen) atoms. The summed E-state index contributed by atoms with van der Waals surface area (Å²) in [7, 11) is 3.89. The van der Waals surface area contributed by atoms with Gasteiger partial charge in [-0.25, -0.2) is 0 Å². The first kappa shape index (κ1) is 8.96. The number of hydrogen-bond acceptors (Lipinski definition) is 5. The Morgan fingerprint density at radius 2 is 1.93 bits per heavy atom. The smallest absolute Gasteiger partial charge is 0.231 e. The van der Waals surface area contributed by atoms with Crippen LogP contribution in [0.4, 0.5) is 11.4 Å². The second-order valence-electron chi connectivity index (χ2n) is 3.26. The number of fused-ring (bicyclic) bond motifs is 1. The maximum atomic E-state index is 5.41. The molecule has 76 valence electrons. The largest absolute Gasteiger partial charge is 0.454 e. The molecule has 5 heteroatoms. The van der Waals surface area contributed by atoms with Gasteiger partial charge in [-0.1, -0.05) is 0 Å². The summed E-state index contributed by atoms with van der Waals surface area (Å²) in [5.74, 6) is 6.89. The Labute approximate surface area is 82.4 Å². The third-order valence-electron chi connectivity index (χ3n) is 2.13. The van der Waals surface area contributed by atoms with Crippen LogP contribution in [0.2, 0.25) is 0 Å². The van der Waals surface area contributed by atoms with Crippen molar-refractivity contribution in [3.8, 4) is 11.5 Å². The highest BCUT2D eigenvalue weighted by molar-refractivity contribution is 5.74. The number of nitrogens with two attached hydrogens (primary N) is 1. The lowest BCUT2D eigenvalue weighted by molar-refractivity contribution is 0.174. The van der Waals surface area contributed by atoms with Crippen molar-refractivity contribution in [2.45, 2.75) is 0 Å². The summed E-state index contributed by atoms with van der Waals surface area (Å²) in [4.78, 5) is 1.96. The van der Waals surface area contributed by atoms with Crippen molar-refractivity contribution in [2.75, 3.05) is 31.2 Å². The van der Waals surface area contributed by atoms with Gasteiger partial charge in [0.1, 0.15) is 0 Å². The van der Waals surface area contributed by atoms with Gasteiger partial charge in [-0.15, -0.1) is 0 Å². The van der Waals surface area contributed by atoms with Crippen molar-refractivity contribution in [3.63, 3.8) is 0 Å². The second kappa shape index (κ2) is 3.26. The second-order valence-corrected chi connectivity index (χ2v) is 3.26. The molecular weight excluding hydrogens is 182 g/mol.